The van der Waals surface area contributed by atoms with Crippen LogP contribution < -0.4 is 5.56 Å². The second kappa shape index (κ2) is 6.89. The summed E-state index contributed by atoms with van der Waals surface area (Å²) in [6.45, 7) is 6.22. The van der Waals surface area contributed by atoms with E-state index in [2.05, 4.69) is 19.9 Å². The molecule has 0 N–H and O–H groups in total. The van der Waals surface area contributed by atoms with Crippen LogP contribution in [0.2, 0.25) is 0 Å². The largest absolute Gasteiger partial charge is 0.308 e. The lowest BCUT2D eigenvalue weighted by atomic mass is 10.0. The molecule has 1 atom stereocenters. The van der Waals surface area contributed by atoms with Crippen molar-refractivity contribution in [1.82, 2.24) is 4.57 Å². The molecule has 0 aliphatic rings. The third kappa shape index (κ3) is 3.74. The van der Waals surface area contributed by atoms with Crippen LogP contribution in [-0.4, -0.2) is 4.57 Å². The van der Waals surface area contributed by atoms with Crippen LogP contribution in [0.25, 0.3) is 0 Å². The van der Waals surface area contributed by atoms with Gasteiger partial charge in [-0.25, -0.2) is 0 Å². The molecule has 0 radical (unpaired) electrons. The van der Waals surface area contributed by atoms with Crippen LogP contribution in [0, 0.1) is 0 Å². The van der Waals surface area contributed by atoms with E-state index in [1.54, 1.807) is 12.1 Å². The van der Waals surface area contributed by atoms with Gasteiger partial charge in [0.2, 0.25) is 0 Å². The zero-order chi connectivity index (χ0) is 12.7. The summed E-state index contributed by atoms with van der Waals surface area (Å²) < 4.78 is 1.82. The molecule has 1 unspecified atom stereocenters. The highest BCUT2D eigenvalue weighted by molar-refractivity contribution is 5.15. The van der Waals surface area contributed by atoms with Gasteiger partial charge in [0.25, 0.3) is 5.56 Å². The van der Waals surface area contributed by atoms with Gasteiger partial charge >= 0.3 is 0 Å². The summed E-state index contributed by atoms with van der Waals surface area (Å²) in [6, 6.07) is 5.48. The SMILES string of the molecule is CC=CC=C(C)C(CCC)n1ccccc1=O. The Morgan fingerprint density at radius 1 is 1.47 bits per heavy atom. The number of aromatic nitrogens is 1. The van der Waals surface area contributed by atoms with Crippen molar-refractivity contribution in [3.8, 4) is 0 Å². The van der Waals surface area contributed by atoms with Crippen molar-refractivity contribution >= 4 is 0 Å². The first-order chi connectivity index (χ1) is 8.20. The monoisotopic (exact) mass is 231 g/mol. The molecule has 0 aliphatic carbocycles. The molecule has 0 spiro atoms. The Balaban J connectivity index is 3.09. The molecule has 0 saturated heterocycles. The summed E-state index contributed by atoms with van der Waals surface area (Å²) in [5, 5.41) is 0. The molecule has 0 saturated carbocycles. The van der Waals surface area contributed by atoms with Crippen LogP contribution in [0.15, 0.2) is 53.0 Å². The number of hydrogen-bond acceptors (Lipinski definition) is 1. The fraction of sp³-hybridized carbons (Fsp3) is 0.400. The van der Waals surface area contributed by atoms with E-state index in [-0.39, 0.29) is 11.6 Å². The maximum atomic E-state index is 11.8. The van der Waals surface area contributed by atoms with Gasteiger partial charge in [0.05, 0.1) is 6.04 Å². The molecule has 1 aromatic heterocycles. The lowest BCUT2D eigenvalue weighted by molar-refractivity contribution is 0.509. The van der Waals surface area contributed by atoms with Crippen LogP contribution in [0.4, 0.5) is 0 Å². The molecule has 0 fully saturated rings. The number of rotatable bonds is 5. The molecular weight excluding hydrogens is 210 g/mol. The molecule has 2 nitrogen and oxygen atoms in total. The Bertz CT molecular complexity index is 454. The summed E-state index contributed by atoms with van der Waals surface area (Å²) in [7, 11) is 0. The Labute approximate surface area is 103 Å². The van der Waals surface area contributed by atoms with Gasteiger partial charge in [0.15, 0.2) is 0 Å². The molecule has 2 heteroatoms. The van der Waals surface area contributed by atoms with Crippen LogP contribution in [0.3, 0.4) is 0 Å². The Morgan fingerprint density at radius 3 is 2.82 bits per heavy atom. The molecular formula is C15H21NO. The Morgan fingerprint density at radius 2 is 2.24 bits per heavy atom. The van der Waals surface area contributed by atoms with Crippen molar-refractivity contribution in [3.63, 3.8) is 0 Å². The second-order valence-electron chi connectivity index (χ2n) is 4.19. The predicted octanol–water partition coefficient (Wildman–Crippen LogP) is 3.71. The zero-order valence-corrected chi connectivity index (χ0v) is 10.9. The second-order valence-corrected chi connectivity index (χ2v) is 4.19. The lowest BCUT2D eigenvalue weighted by Crippen LogP contribution is -2.23. The van der Waals surface area contributed by atoms with Crippen molar-refractivity contribution < 1.29 is 0 Å². The Kier molecular flexibility index (Phi) is 5.47. The molecule has 0 aliphatic heterocycles. The highest BCUT2D eigenvalue weighted by Crippen LogP contribution is 2.21. The van der Waals surface area contributed by atoms with Gasteiger partial charge in [0, 0.05) is 12.3 Å². The van der Waals surface area contributed by atoms with E-state index in [1.807, 2.05) is 35.9 Å². The first-order valence-electron chi connectivity index (χ1n) is 6.17. The van der Waals surface area contributed by atoms with Crippen molar-refractivity contribution in [3.05, 3.63) is 58.6 Å². The minimum absolute atomic E-state index is 0.0687. The minimum Gasteiger partial charge on any atom is -0.308 e. The highest BCUT2D eigenvalue weighted by Gasteiger charge is 2.12. The van der Waals surface area contributed by atoms with E-state index >= 15 is 0 Å². The van der Waals surface area contributed by atoms with Gasteiger partial charge in [0.1, 0.15) is 0 Å². The van der Waals surface area contributed by atoms with Crippen molar-refractivity contribution in [2.45, 2.75) is 39.7 Å². The molecule has 1 heterocycles. The van der Waals surface area contributed by atoms with Gasteiger partial charge in [-0.1, -0.05) is 43.2 Å². The van der Waals surface area contributed by atoms with Gasteiger partial charge in [-0.05, 0) is 26.3 Å². The van der Waals surface area contributed by atoms with Gasteiger partial charge in [-0.3, -0.25) is 4.79 Å². The summed E-state index contributed by atoms with van der Waals surface area (Å²) in [6.07, 6.45) is 10.0. The quantitative estimate of drug-likeness (QED) is 0.708. The van der Waals surface area contributed by atoms with Crippen molar-refractivity contribution in [1.29, 1.82) is 0 Å². The predicted molar refractivity (Wildman–Crippen MR) is 73.2 cm³/mol. The van der Waals surface area contributed by atoms with Crippen molar-refractivity contribution in [2.24, 2.45) is 0 Å². The number of hydrogen-bond donors (Lipinski definition) is 0. The molecule has 1 rings (SSSR count). The van der Waals surface area contributed by atoms with E-state index < -0.39 is 0 Å². The summed E-state index contributed by atoms with van der Waals surface area (Å²) in [5.74, 6) is 0. The summed E-state index contributed by atoms with van der Waals surface area (Å²) in [5.41, 5.74) is 1.29. The lowest BCUT2D eigenvalue weighted by Gasteiger charge is -2.19. The average Bonchev–Trinajstić information content (AvgIpc) is 2.34. The summed E-state index contributed by atoms with van der Waals surface area (Å²) >= 11 is 0. The number of pyridine rings is 1. The zero-order valence-electron chi connectivity index (χ0n) is 10.9. The van der Waals surface area contributed by atoms with Gasteiger partial charge in [-0.15, -0.1) is 0 Å². The number of nitrogens with zero attached hydrogens (tertiary/aromatic N) is 1. The molecule has 0 bridgehead atoms. The molecule has 1 aromatic rings. The fourth-order valence-corrected chi connectivity index (χ4v) is 1.92. The standard InChI is InChI=1S/C15H21NO/c1-4-6-10-13(3)14(9-5-2)16-12-8-7-11-15(16)17/h4,6-8,10-12,14H,5,9H2,1-3H3. The molecule has 17 heavy (non-hydrogen) atoms. The van der Waals surface area contributed by atoms with Crippen LogP contribution in [0.5, 0.6) is 0 Å². The third-order valence-corrected chi connectivity index (χ3v) is 2.83. The minimum atomic E-state index is 0.0687. The first-order valence-corrected chi connectivity index (χ1v) is 6.17. The summed E-state index contributed by atoms with van der Waals surface area (Å²) in [4.78, 5) is 11.8. The van der Waals surface area contributed by atoms with Gasteiger partial charge < -0.3 is 4.57 Å². The van der Waals surface area contributed by atoms with Crippen LogP contribution in [-0.2, 0) is 0 Å². The normalized spacial score (nSPS) is 14.2. The van der Waals surface area contributed by atoms with Crippen LogP contribution in [0.1, 0.15) is 39.7 Å². The maximum absolute atomic E-state index is 11.8. The van der Waals surface area contributed by atoms with E-state index in [4.69, 9.17) is 0 Å². The van der Waals surface area contributed by atoms with E-state index in [1.165, 1.54) is 5.57 Å². The highest BCUT2D eigenvalue weighted by atomic mass is 16.1. The van der Waals surface area contributed by atoms with E-state index in [9.17, 15) is 4.79 Å². The smallest absolute Gasteiger partial charge is 0.251 e. The Hall–Kier alpha value is -1.57. The third-order valence-electron chi connectivity index (χ3n) is 2.83. The fourth-order valence-electron chi connectivity index (χ4n) is 1.92. The van der Waals surface area contributed by atoms with Gasteiger partial charge in [-0.2, -0.15) is 0 Å². The first kappa shape index (κ1) is 13.5. The van der Waals surface area contributed by atoms with Crippen LogP contribution >= 0.6 is 0 Å². The van der Waals surface area contributed by atoms with E-state index in [0.29, 0.717) is 0 Å². The molecule has 92 valence electrons. The number of allylic oxidation sites excluding steroid dienone is 4. The topological polar surface area (TPSA) is 22.0 Å². The maximum Gasteiger partial charge on any atom is 0.251 e. The molecule has 0 aromatic carbocycles. The van der Waals surface area contributed by atoms with Crippen molar-refractivity contribution in [2.75, 3.05) is 0 Å². The van der Waals surface area contributed by atoms with E-state index in [0.717, 1.165) is 12.8 Å². The average molecular weight is 231 g/mol. The molecule has 0 amide bonds.